The molecule has 7 nitrogen and oxygen atoms in total. The van der Waals surface area contributed by atoms with Crippen LogP contribution in [0.5, 0.6) is 0 Å². The van der Waals surface area contributed by atoms with Crippen LogP contribution >= 0.6 is 0 Å². The van der Waals surface area contributed by atoms with Gasteiger partial charge in [-0.3, -0.25) is 4.79 Å². The summed E-state index contributed by atoms with van der Waals surface area (Å²) in [6, 6.07) is 6.77. The Hall–Kier alpha value is -2.96. The molecular formula is C17H18N4O3. The number of methoxy groups -OCH3 is 1. The van der Waals surface area contributed by atoms with Crippen LogP contribution in [0.1, 0.15) is 33.6 Å². The molecule has 7 heteroatoms. The molecule has 0 atom stereocenters. The number of carbonyl (C=O) groups is 2. The Bertz CT molecular complexity index is 723. The molecule has 1 aromatic heterocycles. The summed E-state index contributed by atoms with van der Waals surface area (Å²) >= 11 is 0. The van der Waals surface area contributed by atoms with E-state index in [1.165, 1.54) is 19.5 Å². The first-order valence-electron chi connectivity index (χ1n) is 7.74. The number of esters is 1. The maximum atomic E-state index is 12.2. The minimum atomic E-state index is -0.387. The molecule has 1 aliphatic rings. The summed E-state index contributed by atoms with van der Waals surface area (Å²) in [4.78, 5) is 33.8. The summed E-state index contributed by atoms with van der Waals surface area (Å²) in [5.74, 6) is -0.0251. The van der Waals surface area contributed by atoms with Crippen molar-refractivity contribution >= 4 is 23.5 Å². The highest BCUT2D eigenvalue weighted by atomic mass is 16.5. The Labute approximate surface area is 139 Å². The fraction of sp³-hybridized carbons (Fsp3) is 0.294. The molecule has 1 fully saturated rings. The molecule has 2 heterocycles. The van der Waals surface area contributed by atoms with Crippen LogP contribution in [0.4, 0.5) is 11.6 Å². The molecule has 0 spiro atoms. The van der Waals surface area contributed by atoms with Crippen LogP contribution in [-0.2, 0) is 4.74 Å². The molecule has 0 saturated carbocycles. The summed E-state index contributed by atoms with van der Waals surface area (Å²) in [5.41, 5.74) is 1.69. The molecule has 0 aliphatic carbocycles. The summed E-state index contributed by atoms with van der Waals surface area (Å²) < 4.78 is 4.65. The Balaban J connectivity index is 1.65. The Kier molecular flexibility index (Phi) is 4.69. The quantitative estimate of drug-likeness (QED) is 0.868. The second-order valence-corrected chi connectivity index (χ2v) is 5.49. The van der Waals surface area contributed by atoms with Gasteiger partial charge in [0.2, 0.25) is 5.95 Å². The zero-order valence-corrected chi connectivity index (χ0v) is 13.4. The van der Waals surface area contributed by atoms with Gasteiger partial charge in [-0.25, -0.2) is 14.8 Å². The molecule has 1 amide bonds. The van der Waals surface area contributed by atoms with E-state index in [4.69, 9.17) is 0 Å². The molecular weight excluding hydrogens is 308 g/mol. The van der Waals surface area contributed by atoms with E-state index in [9.17, 15) is 9.59 Å². The van der Waals surface area contributed by atoms with Crippen molar-refractivity contribution in [2.24, 2.45) is 0 Å². The summed E-state index contributed by atoms with van der Waals surface area (Å²) in [6.45, 7) is 1.59. The van der Waals surface area contributed by atoms with E-state index >= 15 is 0 Å². The van der Waals surface area contributed by atoms with E-state index in [0.29, 0.717) is 17.1 Å². The van der Waals surface area contributed by atoms with Gasteiger partial charge in [0.1, 0.15) is 0 Å². The molecule has 1 saturated heterocycles. The number of benzene rings is 1. The Morgan fingerprint density at radius 3 is 2.25 bits per heavy atom. The fourth-order valence-electron chi connectivity index (χ4n) is 2.54. The molecule has 0 radical (unpaired) electrons. The predicted octanol–water partition coefficient (Wildman–Crippen LogP) is 2.24. The lowest BCUT2D eigenvalue weighted by Crippen LogP contribution is -2.27. The number of carbonyl (C=O) groups excluding carboxylic acids is 2. The van der Waals surface area contributed by atoms with Gasteiger partial charge in [-0.2, -0.15) is 0 Å². The summed E-state index contributed by atoms with van der Waals surface area (Å²) in [5, 5.41) is 3.02. The third-order valence-corrected chi connectivity index (χ3v) is 3.85. The highest BCUT2D eigenvalue weighted by Gasteiger charge is 2.19. The van der Waals surface area contributed by atoms with Crippen LogP contribution in [0, 0.1) is 0 Å². The second-order valence-electron chi connectivity index (χ2n) is 5.49. The van der Waals surface area contributed by atoms with Gasteiger partial charge in [-0.15, -0.1) is 0 Å². The van der Waals surface area contributed by atoms with Gasteiger partial charge in [0.25, 0.3) is 5.91 Å². The second kappa shape index (κ2) is 7.08. The minimum absolute atomic E-state index is 0.0264. The molecule has 0 unspecified atom stereocenters. The molecule has 3 rings (SSSR count). The number of nitrogens with one attached hydrogen (secondary N) is 1. The van der Waals surface area contributed by atoms with E-state index in [-0.39, 0.29) is 11.9 Å². The number of nitrogens with zero attached hydrogens (tertiary/aromatic N) is 3. The lowest BCUT2D eigenvalue weighted by Gasteiger charge is -2.14. The molecule has 124 valence electrons. The first kappa shape index (κ1) is 15.9. The molecule has 0 bridgehead atoms. The van der Waals surface area contributed by atoms with Gasteiger partial charge >= 0.3 is 5.97 Å². The van der Waals surface area contributed by atoms with Gasteiger partial charge < -0.3 is 15.0 Å². The third kappa shape index (κ3) is 3.51. The van der Waals surface area contributed by atoms with Crippen LogP contribution in [-0.4, -0.2) is 46.9 Å². The average Bonchev–Trinajstić information content (AvgIpc) is 3.16. The number of amides is 1. The first-order valence-corrected chi connectivity index (χ1v) is 7.74. The van der Waals surface area contributed by atoms with Crippen LogP contribution in [0.2, 0.25) is 0 Å². The van der Waals surface area contributed by atoms with E-state index in [1.54, 1.807) is 24.3 Å². The molecule has 1 N–H and O–H groups in total. The van der Waals surface area contributed by atoms with Crippen molar-refractivity contribution in [2.75, 3.05) is 25.5 Å². The Morgan fingerprint density at radius 1 is 1.04 bits per heavy atom. The van der Waals surface area contributed by atoms with Crippen LogP contribution in [0.25, 0.3) is 0 Å². The zero-order chi connectivity index (χ0) is 16.9. The van der Waals surface area contributed by atoms with Gasteiger partial charge in [-0.1, -0.05) is 0 Å². The number of rotatable bonds is 4. The van der Waals surface area contributed by atoms with Gasteiger partial charge in [0.05, 0.1) is 18.2 Å². The molecule has 1 aromatic carbocycles. The normalized spacial score (nSPS) is 13.6. The summed E-state index contributed by atoms with van der Waals surface area (Å²) in [6.07, 6.45) is 5.15. The van der Waals surface area contributed by atoms with Crippen LogP contribution in [0.3, 0.4) is 0 Å². The number of hydrogen-bond acceptors (Lipinski definition) is 6. The number of ether oxygens (including phenoxy) is 1. The summed E-state index contributed by atoms with van der Waals surface area (Å²) in [7, 11) is 1.34. The maximum absolute atomic E-state index is 12.2. The van der Waals surface area contributed by atoms with E-state index in [2.05, 4.69) is 20.0 Å². The number of hydrogen-bond donors (Lipinski definition) is 1. The zero-order valence-electron chi connectivity index (χ0n) is 13.4. The van der Waals surface area contributed by atoms with Gasteiger partial charge in [0, 0.05) is 31.2 Å². The highest BCUT2D eigenvalue weighted by Crippen LogP contribution is 2.16. The average molecular weight is 326 g/mol. The molecule has 1 aliphatic heterocycles. The lowest BCUT2D eigenvalue weighted by atomic mass is 10.2. The van der Waals surface area contributed by atoms with E-state index < -0.39 is 0 Å². The molecule has 2 aromatic rings. The van der Waals surface area contributed by atoms with Crippen molar-refractivity contribution in [3.05, 3.63) is 47.8 Å². The van der Waals surface area contributed by atoms with Crippen LogP contribution < -0.4 is 5.32 Å². The number of anilines is 2. The topological polar surface area (TPSA) is 84.4 Å². The van der Waals surface area contributed by atoms with Gasteiger partial charge in [-0.05, 0) is 37.1 Å². The minimum Gasteiger partial charge on any atom is -0.465 e. The number of aromatic nitrogens is 2. The lowest BCUT2D eigenvalue weighted by molar-refractivity contribution is 0.0600. The van der Waals surface area contributed by atoms with Crippen molar-refractivity contribution < 1.29 is 14.3 Å². The van der Waals surface area contributed by atoms with Gasteiger partial charge in [0.15, 0.2) is 0 Å². The Morgan fingerprint density at radius 2 is 1.67 bits per heavy atom. The van der Waals surface area contributed by atoms with Crippen molar-refractivity contribution in [1.82, 2.24) is 14.9 Å². The standard InChI is InChI=1S/C17H18N4O3/c1-24-16(23)12-4-6-14(7-5-12)20-17-18-10-13(11-19-17)15(22)21-8-2-3-9-21/h4-7,10-11H,2-3,8-9H2,1H3,(H,18,19,20). The van der Waals surface area contributed by atoms with E-state index in [0.717, 1.165) is 31.6 Å². The third-order valence-electron chi connectivity index (χ3n) is 3.85. The van der Waals surface area contributed by atoms with Crippen molar-refractivity contribution in [1.29, 1.82) is 0 Å². The smallest absolute Gasteiger partial charge is 0.337 e. The monoisotopic (exact) mass is 326 g/mol. The van der Waals surface area contributed by atoms with E-state index in [1.807, 2.05) is 4.90 Å². The molecule has 24 heavy (non-hydrogen) atoms. The SMILES string of the molecule is COC(=O)c1ccc(Nc2ncc(C(=O)N3CCCC3)cn2)cc1. The van der Waals surface area contributed by atoms with Crippen LogP contribution in [0.15, 0.2) is 36.7 Å². The fourth-order valence-corrected chi connectivity index (χ4v) is 2.54. The largest absolute Gasteiger partial charge is 0.465 e. The van der Waals surface area contributed by atoms with Crippen molar-refractivity contribution in [2.45, 2.75) is 12.8 Å². The first-order chi connectivity index (χ1) is 11.7. The number of likely N-dealkylation sites (tertiary alicyclic amines) is 1. The maximum Gasteiger partial charge on any atom is 0.337 e. The highest BCUT2D eigenvalue weighted by molar-refractivity contribution is 5.94. The van der Waals surface area contributed by atoms with Crippen molar-refractivity contribution in [3.8, 4) is 0 Å². The predicted molar refractivity (Wildman–Crippen MR) is 88.2 cm³/mol. The van der Waals surface area contributed by atoms with Crippen molar-refractivity contribution in [3.63, 3.8) is 0 Å².